The third-order valence-electron chi connectivity index (χ3n) is 4.62. The number of Topliss-reactive ketones (excluding diaryl/α,β-unsaturated/α-hetero) is 1. The zero-order valence-corrected chi connectivity index (χ0v) is 18.5. The minimum Gasteiger partial charge on any atom is -0.379 e. The molecule has 0 bridgehead atoms. The fraction of sp³-hybridized carbons (Fsp3) is 0.364. The maximum atomic E-state index is 12.5. The lowest BCUT2D eigenvalue weighted by atomic mass is 10.0. The number of amides is 1. The average molecular weight is 449 g/mol. The lowest BCUT2D eigenvalue weighted by molar-refractivity contribution is -0.119. The summed E-state index contributed by atoms with van der Waals surface area (Å²) in [7, 11) is -4.02. The Hall–Kier alpha value is -2.59. The molecule has 1 aliphatic rings. The third kappa shape index (κ3) is 8.58. The molecule has 168 valence electrons. The number of rotatable bonds is 6. The highest BCUT2D eigenvalue weighted by Gasteiger charge is 2.24. The van der Waals surface area contributed by atoms with E-state index in [0.717, 1.165) is 18.7 Å². The van der Waals surface area contributed by atoms with E-state index in [1.807, 2.05) is 25.1 Å². The van der Waals surface area contributed by atoms with Crippen molar-refractivity contribution < 1.29 is 27.3 Å². The molecule has 0 aromatic heterocycles. The van der Waals surface area contributed by atoms with Crippen LogP contribution in [0.4, 0.5) is 0 Å². The molecule has 1 fully saturated rings. The highest BCUT2D eigenvalue weighted by molar-refractivity contribution is 7.85. The second-order valence-electron chi connectivity index (χ2n) is 7.18. The average Bonchev–Trinajstić information content (AvgIpc) is 2.74. The minimum absolute atomic E-state index is 0.0488. The summed E-state index contributed by atoms with van der Waals surface area (Å²) in [6, 6.07) is 14.5. The van der Waals surface area contributed by atoms with E-state index >= 15 is 0 Å². The van der Waals surface area contributed by atoms with Crippen molar-refractivity contribution in [3.05, 3.63) is 65.7 Å². The maximum Gasteiger partial charge on any atom is 0.294 e. The standard InChI is InChI=1S/C15H20N2O3.C7H8O3S/c1-12(18)16-14(11-17-7-9-20-10-8-17)15(19)13-5-3-2-4-6-13;1-6-2-4-7(5-3-6)11(8,9)10/h2-6,14H,7-11H2,1H3,(H,16,18);2-5H,1H3,(H,8,9,10). The first-order chi connectivity index (χ1) is 14.7. The first kappa shape index (κ1) is 24.7. The van der Waals surface area contributed by atoms with Crippen LogP contribution in [0.15, 0.2) is 59.5 Å². The number of hydrogen-bond donors (Lipinski definition) is 2. The van der Waals surface area contributed by atoms with Crippen LogP contribution in [0.3, 0.4) is 0 Å². The summed E-state index contributed by atoms with van der Waals surface area (Å²) in [5.41, 5.74) is 1.58. The topological polar surface area (TPSA) is 113 Å². The summed E-state index contributed by atoms with van der Waals surface area (Å²) < 4.78 is 34.8. The van der Waals surface area contributed by atoms with Gasteiger partial charge >= 0.3 is 0 Å². The molecule has 9 heteroatoms. The van der Waals surface area contributed by atoms with Crippen LogP contribution in [0, 0.1) is 6.92 Å². The van der Waals surface area contributed by atoms with Crippen LogP contribution in [-0.4, -0.2) is 68.5 Å². The molecular weight excluding hydrogens is 420 g/mol. The molecule has 1 unspecified atom stereocenters. The van der Waals surface area contributed by atoms with Crippen LogP contribution in [0.2, 0.25) is 0 Å². The molecule has 0 spiro atoms. The van der Waals surface area contributed by atoms with Crippen molar-refractivity contribution in [3.63, 3.8) is 0 Å². The summed E-state index contributed by atoms with van der Waals surface area (Å²) in [6.07, 6.45) is 0. The Morgan fingerprint density at radius 3 is 2.16 bits per heavy atom. The molecule has 1 aliphatic heterocycles. The van der Waals surface area contributed by atoms with E-state index in [1.165, 1.54) is 19.1 Å². The molecule has 31 heavy (non-hydrogen) atoms. The second kappa shape index (κ2) is 11.7. The zero-order chi connectivity index (χ0) is 22.9. The molecule has 1 heterocycles. The van der Waals surface area contributed by atoms with Crippen LogP contribution in [0.5, 0.6) is 0 Å². The highest BCUT2D eigenvalue weighted by Crippen LogP contribution is 2.09. The summed E-state index contributed by atoms with van der Waals surface area (Å²) in [5, 5.41) is 2.75. The van der Waals surface area contributed by atoms with E-state index in [-0.39, 0.29) is 16.6 Å². The van der Waals surface area contributed by atoms with Gasteiger partial charge in [-0.2, -0.15) is 8.42 Å². The normalized spacial score (nSPS) is 15.3. The van der Waals surface area contributed by atoms with Gasteiger partial charge in [-0.05, 0) is 19.1 Å². The molecular formula is C22H28N2O6S. The Morgan fingerprint density at radius 1 is 1.06 bits per heavy atom. The predicted octanol–water partition coefficient (Wildman–Crippen LogP) is 1.95. The van der Waals surface area contributed by atoms with E-state index in [9.17, 15) is 18.0 Å². The Morgan fingerprint density at radius 2 is 1.65 bits per heavy atom. The van der Waals surface area contributed by atoms with Crippen molar-refractivity contribution in [2.24, 2.45) is 0 Å². The zero-order valence-electron chi connectivity index (χ0n) is 17.7. The van der Waals surface area contributed by atoms with E-state index in [2.05, 4.69) is 10.2 Å². The fourth-order valence-corrected chi connectivity index (χ4v) is 3.48. The van der Waals surface area contributed by atoms with E-state index < -0.39 is 16.2 Å². The summed E-state index contributed by atoms with van der Waals surface area (Å²) in [5.74, 6) is -0.236. The predicted molar refractivity (Wildman–Crippen MR) is 117 cm³/mol. The first-order valence-electron chi connectivity index (χ1n) is 9.87. The van der Waals surface area contributed by atoms with Gasteiger partial charge in [0.15, 0.2) is 5.78 Å². The van der Waals surface area contributed by atoms with Crippen molar-refractivity contribution in [2.45, 2.75) is 24.8 Å². The van der Waals surface area contributed by atoms with E-state index in [1.54, 1.807) is 24.3 Å². The number of ether oxygens (including phenoxy) is 1. The van der Waals surface area contributed by atoms with Crippen molar-refractivity contribution in [1.29, 1.82) is 0 Å². The Labute approximate surface area is 183 Å². The van der Waals surface area contributed by atoms with Gasteiger partial charge in [0.05, 0.1) is 18.1 Å². The van der Waals surface area contributed by atoms with Gasteiger partial charge in [-0.25, -0.2) is 0 Å². The van der Waals surface area contributed by atoms with Gasteiger partial charge in [0, 0.05) is 32.1 Å². The summed E-state index contributed by atoms with van der Waals surface area (Å²) >= 11 is 0. The lowest BCUT2D eigenvalue weighted by Crippen LogP contribution is -2.50. The molecule has 3 rings (SSSR count). The largest absolute Gasteiger partial charge is 0.379 e. The molecule has 2 N–H and O–H groups in total. The van der Waals surface area contributed by atoms with Crippen molar-refractivity contribution in [3.8, 4) is 0 Å². The Kier molecular flexibility index (Phi) is 9.32. The van der Waals surface area contributed by atoms with Gasteiger partial charge in [0.2, 0.25) is 5.91 Å². The molecule has 1 atom stereocenters. The van der Waals surface area contributed by atoms with Crippen LogP contribution < -0.4 is 5.32 Å². The highest BCUT2D eigenvalue weighted by atomic mass is 32.2. The van der Waals surface area contributed by atoms with Crippen LogP contribution in [0.25, 0.3) is 0 Å². The number of carbonyl (C=O) groups is 2. The third-order valence-corrected chi connectivity index (χ3v) is 5.48. The Balaban J connectivity index is 0.000000262. The number of morpholine rings is 1. The summed E-state index contributed by atoms with van der Waals surface area (Å²) in [6.45, 7) is 6.73. The van der Waals surface area contributed by atoms with Gasteiger partial charge in [-0.1, -0.05) is 48.0 Å². The molecule has 2 aromatic rings. The van der Waals surface area contributed by atoms with Crippen LogP contribution in [-0.2, 0) is 19.6 Å². The van der Waals surface area contributed by atoms with Gasteiger partial charge < -0.3 is 10.1 Å². The molecule has 1 amide bonds. The van der Waals surface area contributed by atoms with Crippen molar-refractivity contribution >= 4 is 21.8 Å². The van der Waals surface area contributed by atoms with Crippen LogP contribution >= 0.6 is 0 Å². The molecule has 0 radical (unpaired) electrons. The lowest BCUT2D eigenvalue weighted by Gasteiger charge is -2.30. The quantitative estimate of drug-likeness (QED) is 0.513. The maximum absolute atomic E-state index is 12.5. The molecule has 1 saturated heterocycles. The smallest absolute Gasteiger partial charge is 0.294 e. The van der Waals surface area contributed by atoms with Crippen molar-refractivity contribution in [2.75, 3.05) is 32.8 Å². The van der Waals surface area contributed by atoms with Gasteiger partial charge in [-0.3, -0.25) is 19.0 Å². The number of carbonyl (C=O) groups excluding carboxylic acids is 2. The van der Waals surface area contributed by atoms with Gasteiger partial charge in [0.1, 0.15) is 6.04 Å². The Bertz CT molecular complexity index is 955. The SMILES string of the molecule is CC(=O)NC(CN1CCOCC1)C(=O)c1ccccc1.Cc1ccc(S(=O)(=O)O)cc1. The number of aryl methyl sites for hydroxylation is 1. The van der Waals surface area contributed by atoms with Crippen molar-refractivity contribution in [1.82, 2.24) is 10.2 Å². The number of ketones is 1. The molecule has 8 nitrogen and oxygen atoms in total. The number of hydrogen-bond acceptors (Lipinski definition) is 6. The minimum atomic E-state index is -4.02. The van der Waals surface area contributed by atoms with Crippen LogP contribution in [0.1, 0.15) is 22.8 Å². The molecule has 0 aliphatic carbocycles. The molecule has 2 aromatic carbocycles. The summed E-state index contributed by atoms with van der Waals surface area (Å²) in [4.78, 5) is 25.9. The number of nitrogens with zero attached hydrogens (tertiary/aromatic N) is 1. The second-order valence-corrected chi connectivity index (χ2v) is 8.61. The first-order valence-corrected chi connectivity index (χ1v) is 11.3. The number of nitrogens with one attached hydrogen (secondary N) is 1. The van der Waals surface area contributed by atoms with Gasteiger partial charge in [-0.15, -0.1) is 0 Å². The monoisotopic (exact) mass is 448 g/mol. The van der Waals surface area contributed by atoms with E-state index in [0.29, 0.717) is 25.3 Å². The molecule has 0 saturated carbocycles. The number of benzene rings is 2. The fourth-order valence-electron chi connectivity index (χ4n) is 3.00. The van der Waals surface area contributed by atoms with Gasteiger partial charge in [0.25, 0.3) is 10.1 Å². The van der Waals surface area contributed by atoms with E-state index in [4.69, 9.17) is 9.29 Å².